The highest BCUT2D eigenvalue weighted by atomic mass is 16.6. The van der Waals surface area contributed by atoms with Gasteiger partial charge in [-0.05, 0) is 47.2 Å². The Bertz CT molecular complexity index is 1250. The second-order valence-corrected chi connectivity index (χ2v) is 9.55. The number of aromatic nitrogens is 1. The number of ether oxygens (including phenoxy) is 1. The fourth-order valence-corrected chi connectivity index (χ4v) is 6.25. The summed E-state index contributed by atoms with van der Waals surface area (Å²) < 4.78 is 5.92. The number of nitrogens with zero attached hydrogens (tertiary/aromatic N) is 3. The highest BCUT2D eigenvalue weighted by Crippen LogP contribution is 2.47. The summed E-state index contributed by atoms with van der Waals surface area (Å²) in [5.41, 5.74) is 4.37. The highest BCUT2D eigenvalue weighted by molar-refractivity contribution is 5.79. The first-order valence-corrected chi connectivity index (χ1v) is 11.8. The van der Waals surface area contributed by atoms with Crippen LogP contribution in [0.2, 0.25) is 0 Å². The lowest BCUT2D eigenvalue weighted by atomic mass is 9.81. The molecule has 6 heteroatoms. The van der Waals surface area contributed by atoms with Gasteiger partial charge in [0.2, 0.25) is 0 Å². The molecule has 0 spiro atoms. The molecule has 3 aromatic rings. The first kappa shape index (κ1) is 20.9. The minimum atomic E-state index is -1.21. The maximum Gasteiger partial charge on any atom is 0.410 e. The lowest BCUT2D eigenvalue weighted by Gasteiger charge is -2.43. The summed E-state index contributed by atoms with van der Waals surface area (Å²) in [7, 11) is 0. The molecule has 2 saturated heterocycles. The quantitative estimate of drug-likeness (QED) is 0.623. The number of fused-ring (bicyclic) bond motifs is 5. The summed E-state index contributed by atoms with van der Waals surface area (Å²) >= 11 is 0. The van der Waals surface area contributed by atoms with Gasteiger partial charge >= 0.3 is 6.09 Å². The van der Waals surface area contributed by atoms with Gasteiger partial charge in [0, 0.05) is 37.0 Å². The topological polar surface area (TPSA) is 86.5 Å². The molecule has 2 atom stereocenters. The predicted octanol–water partition coefficient (Wildman–Crippen LogP) is 4.72. The van der Waals surface area contributed by atoms with Gasteiger partial charge in [0.25, 0.3) is 0 Å². The Morgan fingerprint density at radius 3 is 2.26 bits per heavy atom. The van der Waals surface area contributed by atoms with Crippen molar-refractivity contribution in [2.75, 3.05) is 6.61 Å². The molecule has 2 aliphatic heterocycles. The number of nitriles is 1. The highest BCUT2D eigenvalue weighted by Gasteiger charge is 2.52. The number of rotatable bonds is 3. The van der Waals surface area contributed by atoms with Crippen molar-refractivity contribution in [3.63, 3.8) is 0 Å². The minimum Gasteiger partial charge on any atom is -0.448 e. The van der Waals surface area contributed by atoms with Crippen molar-refractivity contribution in [3.8, 4) is 17.2 Å². The molecular formula is C28H25N3O3. The van der Waals surface area contributed by atoms with E-state index in [-0.39, 0.29) is 30.7 Å². The van der Waals surface area contributed by atoms with Crippen molar-refractivity contribution in [2.45, 2.75) is 49.3 Å². The maximum atomic E-state index is 13.3. The molecule has 0 saturated carbocycles. The van der Waals surface area contributed by atoms with Crippen LogP contribution in [0.1, 0.15) is 54.0 Å². The molecule has 2 unspecified atom stereocenters. The molecule has 1 N–H and O–H groups in total. The van der Waals surface area contributed by atoms with E-state index in [1.165, 1.54) is 22.3 Å². The number of piperidine rings is 1. The van der Waals surface area contributed by atoms with E-state index in [2.05, 4.69) is 35.3 Å². The molecule has 3 aliphatic rings. The van der Waals surface area contributed by atoms with Crippen LogP contribution < -0.4 is 0 Å². The first-order chi connectivity index (χ1) is 16.6. The molecule has 170 valence electrons. The molecule has 2 aromatic carbocycles. The Morgan fingerprint density at radius 2 is 1.65 bits per heavy atom. The molecule has 34 heavy (non-hydrogen) atoms. The van der Waals surface area contributed by atoms with Gasteiger partial charge < -0.3 is 14.7 Å². The Balaban J connectivity index is 1.20. The van der Waals surface area contributed by atoms with Crippen LogP contribution >= 0.6 is 0 Å². The molecular weight excluding hydrogens is 426 g/mol. The van der Waals surface area contributed by atoms with Crippen LogP contribution in [0.5, 0.6) is 0 Å². The molecule has 2 fully saturated rings. The predicted molar refractivity (Wildman–Crippen MR) is 126 cm³/mol. The molecule has 1 aromatic heterocycles. The lowest BCUT2D eigenvalue weighted by Crippen LogP contribution is -2.52. The molecule has 0 radical (unpaired) electrons. The number of benzene rings is 2. The zero-order chi connectivity index (χ0) is 23.3. The summed E-state index contributed by atoms with van der Waals surface area (Å²) in [6.07, 6.45) is 3.63. The van der Waals surface area contributed by atoms with Crippen molar-refractivity contribution < 1.29 is 14.6 Å². The molecule has 3 heterocycles. The van der Waals surface area contributed by atoms with Gasteiger partial charge in [-0.1, -0.05) is 48.5 Å². The van der Waals surface area contributed by atoms with Gasteiger partial charge in [-0.2, -0.15) is 5.26 Å². The summed E-state index contributed by atoms with van der Waals surface area (Å²) in [5, 5.41) is 20.9. The van der Waals surface area contributed by atoms with Gasteiger partial charge in [-0.25, -0.2) is 4.79 Å². The van der Waals surface area contributed by atoms with Crippen LogP contribution in [0, 0.1) is 11.3 Å². The lowest BCUT2D eigenvalue weighted by molar-refractivity contribution is -0.0560. The number of carbonyl (C=O) groups excluding carboxylic acids is 1. The molecule has 6 rings (SSSR count). The van der Waals surface area contributed by atoms with Gasteiger partial charge in [0.1, 0.15) is 18.3 Å². The average Bonchev–Trinajstić information content (AvgIpc) is 3.34. The third kappa shape index (κ3) is 3.19. The van der Waals surface area contributed by atoms with E-state index in [4.69, 9.17) is 4.74 Å². The van der Waals surface area contributed by atoms with E-state index in [0.29, 0.717) is 24.1 Å². The smallest absolute Gasteiger partial charge is 0.410 e. The number of carbonyl (C=O) groups is 1. The Kier molecular flexibility index (Phi) is 4.89. The summed E-state index contributed by atoms with van der Waals surface area (Å²) in [5.74, 6) is 0.0161. The largest absolute Gasteiger partial charge is 0.448 e. The van der Waals surface area contributed by atoms with Crippen molar-refractivity contribution in [3.05, 3.63) is 89.2 Å². The number of amides is 1. The summed E-state index contributed by atoms with van der Waals surface area (Å²) in [6, 6.07) is 21.8. The van der Waals surface area contributed by atoms with Crippen molar-refractivity contribution in [1.29, 1.82) is 5.26 Å². The van der Waals surface area contributed by atoms with Crippen LogP contribution in [0.4, 0.5) is 4.79 Å². The van der Waals surface area contributed by atoms with E-state index < -0.39 is 5.60 Å². The number of pyridine rings is 1. The monoisotopic (exact) mass is 451 g/mol. The zero-order valence-electron chi connectivity index (χ0n) is 18.7. The molecule has 1 amide bonds. The summed E-state index contributed by atoms with van der Waals surface area (Å²) in [6.45, 7) is 0.284. The van der Waals surface area contributed by atoms with E-state index in [1.807, 2.05) is 29.2 Å². The fraction of sp³-hybridized carbons (Fsp3) is 0.321. The SMILES string of the molecule is N#Cc1cccnc1C1(O)CC2CCC(C1)N2C(=O)OCC1c2ccccc2-c2ccccc21. The third-order valence-corrected chi connectivity index (χ3v) is 7.68. The van der Waals surface area contributed by atoms with Crippen LogP contribution in [0.15, 0.2) is 66.9 Å². The summed E-state index contributed by atoms with van der Waals surface area (Å²) in [4.78, 5) is 19.4. The van der Waals surface area contributed by atoms with Crippen LogP contribution in [-0.2, 0) is 10.3 Å². The second kappa shape index (κ2) is 7.96. The minimum absolute atomic E-state index is 0.0161. The van der Waals surface area contributed by atoms with Gasteiger partial charge in [0.15, 0.2) is 0 Å². The zero-order valence-corrected chi connectivity index (χ0v) is 18.7. The number of hydrogen-bond acceptors (Lipinski definition) is 5. The normalized spacial score (nSPS) is 24.9. The van der Waals surface area contributed by atoms with Gasteiger partial charge in [-0.3, -0.25) is 4.98 Å². The van der Waals surface area contributed by atoms with Crippen molar-refractivity contribution in [1.82, 2.24) is 9.88 Å². The maximum absolute atomic E-state index is 13.3. The van der Waals surface area contributed by atoms with E-state index in [1.54, 1.807) is 18.3 Å². The standard InChI is InChI=1S/C28H25N3O3/c29-16-18-6-5-13-30-26(18)28(33)14-19-11-12-20(15-28)31(19)27(32)34-17-25-23-9-3-1-7-21(23)22-8-2-4-10-24(22)25/h1-10,13,19-20,25,33H,11-12,14-15,17H2. The van der Waals surface area contributed by atoms with Crippen LogP contribution in [0.25, 0.3) is 11.1 Å². The number of aliphatic hydroxyl groups is 1. The van der Waals surface area contributed by atoms with Crippen molar-refractivity contribution in [2.24, 2.45) is 0 Å². The Labute approximate surface area is 198 Å². The van der Waals surface area contributed by atoms with Crippen LogP contribution in [-0.4, -0.2) is 39.8 Å². The van der Waals surface area contributed by atoms with E-state index in [9.17, 15) is 15.2 Å². The first-order valence-electron chi connectivity index (χ1n) is 11.8. The molecule has 2 bridgehead atoms. The fourth-order valence-electron chi connectivity index (χ4n) is 6.25. The van der Waals surface area contributed by atoms with Crippen molar-refractivity contribution >= 4 is 6.09 Å². The van der Waals surface area contributed by atoms with Crippen LogP contribution in [0.3, 0.4) is 0 Å². The van der Waals surface area contributed by atoms with Gasteiger partial charge in [0.05, 0.1) is 11.3 Å². The Hall–Kier alpha value is -3.69. The number of hydrogen-bond donors (Lipinski definition) is 1. The third-order valence-electron chi connectivity index (χ3n) is 7.68. The average molecular weight is 452 g/mol. The van der Waals surface area contributed by atoms with E-state index >= 15 is 0 Å². The molecule has 1 aliphatic carbocycles. The Morgan fingerprint density at radius 1 is 1.03 bits per heavy atom. The van der Waals surface area contributed by atoms with Gasteiger partial charge in [-0.15, -0.1) is 0 Å². The second-order valence-electron chi connectivity index (χ2n) is 9.55. The van der Waals surface area contributed by atoms with E-state index in [0.717, 1.165) is 12.8 Å². The molecule has 6 nitrogen and oxygen atoms in total.